The van der Waals surface area contributed by atoms with Crippen LogP contribution in [0.4, 0.5) is 0 Å². The highest BCUT2D eigenvalue weighted by Crippen LogP contribution is 2.24. The maximum absolute atomic E-state index is 12.3. The van der Waals surface area contributed by atoms with Gasteiger partial charge in [0.25, 0.3) is 0 Å². The lowest BCUT2D eigenvalue weighted by molar-refractivity contribution is 0.427. The Morgan fingerprint density at radius 2 is 2.25 bits per heavy atom. The average Bonchev–Trinajstić information content (AvgIpc) is 2.85. The van der Waals surface area contributed by atoms with Crippen LogP contribution < -0.4 is 5.32 Å². The zero-order valence-electron chi connectivity index (χ0n) is 12.2. The normalized spacial score (nSPS) is 23.6. The molecule has 20 heavy (non-hydrogen) atoms. The molecule has 1 aliphatic rings. The molecule has 2 unspecified atom stereocenters. The lowest BCUT2D eigenvalue weighted by Gasteiger charge is -2.30. The van der Waals surface area contributed by atoms with Crippen molar-refractivity contribution >= 4 is 9.84 Å². The van der Waals surface area contributed by atoms with Crippen LogP contribution in [0, 0.1) is 0 Å². The van der Waals surface area contributed by atoms with E-state index in [0.29, 0.717) is 12.2 Å². The molecule has 1 N–H and O–H groups in total. The summed E-state index contributed by atoms with van der Waals surface area (Å²) >= 11 is 0. The minimum absolute atomic E-state index is 0.0696. The van der Waals surface area contributed by atoms with E-state index in [2.05, 4.69) is 15.4 Å². The van der Waals surface area contributed by atoms with Crippen molar-refractivity contribution in [2.45, 2.75) is 57.4 Å². The van der Waals surface area contributed by atoms with Gasteiger partial charge >= 0.3 is 0 Å². The van der Waals surface area contributed by atoms with E-state index in [1.807, 2.05) is 18.5 Å². The van der Waals surface area contributed by atoms with Crippen molar-refractivity contribution < 1.29 is 8.42 Å². The monoisotopic (exact) mass is 300 g/mol. The molecule has 6 nitrogen and oxygen atoms in total. The molecule has 1 fully saturated rings. The Hall–Kier alpha value is -0.950. The van der Waals surface area contributed by atoms with Gasteiger partial charge < -0.3 is 5.32 Å². The Balaban J connectivity index is 2.18. The van der Waals surface area contributed by atoms with Gasteiger partial charge in [-0.2, -0.15) is 5.10 Å². The number of likely N-dealkylation sites (N-methyl/N-ethyl adjacent to an activating group) is 1. The fourth-order valence-electron chi connectivity index (χ4n) is 2.94. The molecular formula is C13H24N4O2S. The zero-order chi connectivity index (χ0) is 14.6. The Morgan fingerprint density at radius 3 is 2.90 bits per heavy atom. The smallest absolute Gasteiger partial charge is 0.154 e. The molecule has 2 rings (SSSR count). The molecule has 0 amide bonds. The molecule has 114 valence electrons. The van der Waals surface area contributed by atoms with Crippen molar-refractivity contribution in [3.05, 3.63) is 12.2 Å². The summed E-state index contributed by atoms with van der Waals surface area (Å²) in [4.78, 5) is 4.27. The van der Waals surface area contributed by atoms with Gasteiger partial charge in [-0.1, -0.05) is 13.3 Å². The van der Waals surface area contributed by atoms with Crippen LogP contribution in [0.5, 0.6) is 0 Å². The summed E-state index contributed by atoms with van der Waals surface area (Å²) in [5.41, 5.74) is 0. The number of aromatic nitrogens is 3. The third-order valence-corrected chi connectivity index (χ3v) is 6.29. The molecule has 1 saturated heterocycles. The predicted molar refractivity (Wildman–Crippen MR) is 78.3 cm³/mol. The third-order valence-electron chi connectivity index (χ3n) is 3.94. The molecular weight excluding hydrogens is 276 g/mol. The van der Waals surface area contributed by atoms with E-state index in [0.717, 1.165) is 38.2 Å². The number of sulfone groups is 1. The van der Waals surface area contributed by atoms with E-state index in [1.54, 1.807) is 0 Å². The molecule has 1 aromatic heterocycles. The highest BCUT2D eigenvalue weighted by Gasteiger charge is 2.35. The first-order chi connectivity index (χ1) is 9.58. The van der Waals surface area contributed by atoms with Crippen LogP contribution in [0.25, 0.3) is 0 Å². The minimum atomic E-state index is -2.99. The SMILES string of the molecule is CCNC(Cc1ncnn1CC)C1CCCCS1(=O)=O. The van der Waals surface area contributed by atoms with Crippen LogP contribution in [0.3, 0.4) is 0 Å². The quantitative estimate of drug-likeness (QED) is 0.840. The maximum atomic E-state index is 12.3. The van der Waals surface area contributed by atoms with Crippen molar-refractivity contribution in [1.29, 1.82) is 0 Å². The van der Waals surface area contributed by atoms with Gasteiger partial charge in [0.15, 0.2) is 9.84 Å². The Kier molecular flexibility index (Phi) is 5.15. The number of hydrogen-bond acceptors (Lipinski definition) is 5. The van der Waals surface area contributed by atoms with Gasteiger partial charge in [0.05, 0.1) is 11.0 Å². The second-order valence-corrected chi connectivity index (χ2v) is 7.60. The molecule has 2 atom stereocenters. The van der Waals surface area contributed by atoms with Crippen LogP contribution in [0.2, 0.25) is 0 Å². The largest absolute Gasteiger partial charge is 0.313 e. The second kappa shape index (κ2) is 6.67. The lowest BCUT2D eigenvalue weighted by atomic mass is 10.0. The van der Waals surface area contributed by atoms with Crippen molar-refractivity contribution in [3.8, 4) is 0 Å². The van der Waals surface area contributed by atoms with Gasteiger partial charge in [0, 0.05) is 19.0 Å². The van der Waals surface area contributed by atoms with Crippen molar-refractivity contribution in [3.63, 3.8) is 0 Å². The minimum Gasteiger partial charge on any atom is -0.313 e. The van der Waals surface area contributed by atoms with E-state index in [9.17, 15) is 8.42 Å². The highest BCUT2D eigenvalue weighted by molar-refractivity contribution is 7.92. The number of rotatable bonds is 6. The van der Waals surface area contributed by atoms with Crippen molar-refractivity contribution in [2.75, 3.05) is 12.3 Å². The third kappa shape index (κ3) is 3.38. The van der Waals surface area contributed by atoms with Gasteiger partial charge in [-0.25, -0.2) is 13.4 Å². The molecule has 0 radical (unpaired) electrons. The molecule has 0 spiro atoms. The summed E-state index contributed by atoms with van der Waals surface area (Å²) in [6, 6.07) is -0.0696. The number of aryl methyl sites for hydroxylation is 1. The summed E-state index contributed by atoms with van der Waals surface area (Å²) in [5.74, 6) is 1.18. The summed E-state index contributed by atoms with van der Waals surface area (Å²) in [5, 5.41) is 7.20. The first kappa shape index (κ1) is 15.4. The Labute approximate surface area is 120 Å². The topological polar surface area (TPSA) is 76.9 Å². The fraction of sp³-hybridized carbons (Fsp3) is 0.846. The number of hydrogen-bond donors (Lipinski definition) is 1. The summed E-state index contributed by atoms with van der Waals surface area (Å²) in [6.45, 7) is 5.54. The molecule has 0 saturated carbocycles. The first-order valence-electron chi connectivity index (χ1n) is 7.40. The van der Waals surface area contributed by atoms with E-state index in [4.69, 9.17) is 0 Å². The zero-order valence-corrected chi connectivity index (χ0v) is 13.1. The van der Waals surface area contributed by atoms with Gasteiger partial charge in [-0.15, -0.1) is 0 Å². The number of nitrogens with zero attached hydrogens (tertiary/aromatic N) is 3. The summed E-state index contributed by atoms with van der Waals surface area (Å²) in [7, 11) is -2.99. The Bertz CT molecular complexity index is 526. The highest BCUT2D eigenvalue weighted by atomic mass is 32.2. The van der Waals surface area contributed by atoms with Crippen LogP contribution in [0.1, 0.15) is 38.9 Å². The molecule has 0 aliphatic carbocycles. The van der Waals surface area contributed by atoms with Crippen LogP contribution in [0.15, 0.2) is 6.33 Å². The predicted octanol–water partition coefficient (Wildman–Crippen LogP) is 0.786. The molecule has 1 aliphatic heterocycles. The summed E-state index contributed by atoms with van der Waals surface area (Å²) in [6.07, 6.45) is 4.69. The molecule has 0 aromatic carbocycles. The fourth-order valence-corrected chi connectivity index (χ4v) is 5.06. The molecule has 2 heterocycles. The average molecular weight is 300 g/mol. The van der Waals surface area contributed by atoms with Crippen LogP contribution >= 0.6 is 0 Å². The molecule has 0 bridgehead atoms. The van der Waals surface area contributed by atoms with Gasteiger partial charge in [-0.3, -0.25) is 4.68 Å². The maximum Gasteiger partial charge on any atom is 0.154 e. The van der Waals surface area contributed by atoms with E-state index in [1.165, 1.54) is 6.33 Å². The van der Waals surface area contributed by atoms with Crippen LogP contribution in [-0.2, 0) is 22.8 Å². The van der Waals surface area contributed by atoms with E-state index >= 15 is 0 Å². The summed E-state index contributed by atoms with van der Waals surface area (Å²) < 4.78 is 26.4. The standard InChI is InChI=1S/C13H24N4O2S/c1-3-14-11(9-13-15-10-16-17(13)4-2)12-7-5-6-8-20(12,18)19/h10-12,14H,3-9H2,1-2H3. The number of nitrogens with one attached hydrogen (secondary N) is 1. The second-order valence-electron chi connectivity index (χ2n) is 5.26. The lowest BCUT2D eigenvalue weighted by Crippen LogP contribution is -2.48. The van der Waals surface area contributed by atoms with Gasteiger partial charge in [-0.05, 0) is 26.3 Å². The van der Waals surface area contributed by atoms with Gasteiger partial charge in [0.1, 0.15) is 12.2 Å². The van der Waals surface area contributed by atoms with E-state index < -0.39 is 9.84 Å². The molecule has 7 heteroatoms. The van der Waals surface area contributed by atoms with Crippen LogP contribution in [-0.4, -0.2) is 46.8 Å². The van der Waals surface area contributed by atoms with Crippen molar-refractivity contribution in [1.82, 2.24) is 20.1 Å². The van der Waals surface area contributed by atoms with Gasteiger partial charge in [0.2, 0.25) is 0 Å². The van der Waals surface area contributed by atoms with E-state index in [-0.39, 0.29) is 11.3 Å². The van der Waals surface area contributed by atoms with Crippen molar-refractivity contribution in [2.24, 2.45) is 0 Å². The first-order valence-corrected chi connectivity index (χ1v) is 9.11. The molecule has 1 aromatic rings. The Morgan fingerprint density at radius 1 is 1.45 bits per heavy atom.